The summed E-state index contributed by atoms with van der Waals surface area (Å²) in [4.78, 5) is 21.0. The predicted molar refractivity (Wildman–Crippen MR) is 69.1 cm³/mol. The maximum absolute atomic E-state index is 10.9. The molecule has 0 aromatic carbocycles. The molecule has 0 unspecified atom stereocenters. The van der Waals surface area contributed by atoms with Crippen molar-refractivity contribution in [2.75, 3.05) is 5.32 Å². The van der Waals surface area contributed by atoms with Gasteiger partial charge in [-0.25, -0.2) is 4.52 Å². The number of rotatable bonds is 4. The van der Waals surface area contributed by atoms with Crippen LogP contribution in [0.3, 0.4) is 0 Å². The second-order valence-electron chi connectivity index (χ2n) is 3.97. The minimum Gasteiger partial charge on any atom is -0.327 e. The topological polar surface area (TPSA) is 118 Å². The van der Waals surface area contributed by atoms with Crippen molar-refractivity contribution in [2.24, 2.45) is 0 Å². The van der Waals surface area contributed by atoms with Crippen molar-refractivity contribution in [2.45, 2.75) is 0 Å². The Morgan fingerprint density at radius 3 is 2.95 bits per heavy atom. The van der Waals surface area contributed by atoms with Crippen LogP contribution in [0.4, 0.5) is 11.4 Å². The Morgan fingerprint density at radius 1 is 1.45 bits per heavy atom. The minimum atomic E-state index is -0.499. The minimum absolute atomic E-state index is 0.0782. The van der Waals surface area contributed by atoms with E-state index in [1.54, 1.807) is 12.4 Å². The summed E-state index contributed by atoms with van der Waals surface area (Å²) >= 11 is 0. The first-order chi connectivity index (χ1) is 9.70. The number of nitrogens with one attached hydrogen (secondary N) is 2. The molecule has 100 valence electrons. The van der Waals surface area contributed by atoms with Crippen LogP contribution in [0.15, 0.2) is 30.9 Å². The second-order valence-corrected chi connectivity index (χ2v) is 3.97. The van der Waals surface area contributed by atoms with Gasteiger partial charge in [0.25, 0.3) is 5.69 Å². The molecule has 3 heterocycles. The van der Waals surface area contributed by atoms with Crippen LogP contribution in [0.2, 0.25) is 0 Å². The van der Waals surface area contributed by atoms with Crippen LogP contribution in [0.25, 0.3) is 16.6 Å². The highest BCUT2D eigenvalue weighted by molar-refractivity contribution is 5.93. The Balaban J connectivity index is 2.32. The summed E-state index contributed by atoms with van der Waals surface area (Å²) in [5.41, 5.74) is 2.17. The smallest absolute Gasteiger partial charge is 0.289 e. The maximum atomic E-state index is 10.9. The highest BCUT2D eigenvalue weighted by Crippen LogP contribution is 2.33. The molecule has 0 aliphatic rings. The Bertz CT molecular complexity index is 792. The average Bonchev–Trinajstić information content (AvgIpc) is 3.07. The number of carbonyl (C=O) groups is 1. The van der Waals surface area contributed by atoms with E-state index < -0.39 is 4.92 Å². The van der Waals surface area contributed by atoms with Crippen LogP contribution in [0.1, 0.15) is 0 Å². The van der Waals surface area contributed by atoms with E-state index in [4.69, 9.17) is 0 Å². The van der Waals surface area contributed by atoms with Gasteiger partial charge in [0.1, 0.15) is 6.20 Å². The van der Waals surface area contributed by atoms with Crippen molar-refractivity contribution in [1.82, 2.24) is 19.8 Å². The Hall–Kier alpha value is -3.23. The fourth-order valence-electron chi connectivity index (χ4n) is 2.01. The highest BCUT2D eigenvalue weighted by atomic mass is 16.6. The van der Waals surface area contributed by atoms with E-state index in [-0.39, 0.29) is 5.69 Å². The lowest BCUT2D eigenvalue weighted by Gasteiger charge is -2.07. The summed E-state index contributed by atoms with van der Waals surface area (Å²) in [7, 11) is 0. The number of hydrogen-bond donors (Lipinski definition) is 2. The first kappa shape index (κ1) is 11.8. The van der Waals surface area contributed by atoms with Gasteiger partial charge >= 0.3 is 0 Å². The molecule has 9 nitrogen and oxygen atoms in total. The first-order valence-corrected chi connectivity index (χ1v) is 5.56. The molecule has 9 heteroatoms. The fourth-order valence-corrected chi connectivity index (χ4v) is 2.01. The van der Waals surface area contributed by atoms with Gasteiger partial charge in [-0.15, -0.1) is 0 Å². The number of nitro groups is 1. The molecule has 0 atom stereocenters. The molecule has 0 fully saturated rings. The first-order valence-electron chi connectivity index (χ1n) is 5.56. The number of fused-ring (bicyclic) bond motifs is 1. The number of nitrogens with zero attached hydrogens (tertiary/aromatic N) is 4. The van der Waals surface area contributed by atoms with Crippen molar-refractivity contribution in [3.8, 4) is 11.1 Å². The quantitative estimate of drug-likeness (QED) is 0.420. The number of hydrogen-bond acceptors (Lipinski definition) is 5. The molecule has 2 N–H and O–H groups in total. The van der Waals surface area contributed by atoms with E-state index in [2.05, 4.69) is 20.6 Å². The molecule has 3 aromatic heterocycles. The lowest BCUT2D eigenvalue weighted by Crippen LogP contribution is -2.00. The van der Waals surface area contributed by atoms with Crippen LogP contribution < -0.4 is 5.32 Å². The van der Waals surface area contributed by atoms with Crippen LogP contribution in [0.5, 0.6) is 0 Å². The van der Waals surface area contributed by atoms with Crippen LogP contribution in [0, 0.1) is 10.1 Å². The van der Waals surface area contributed by atoms with E-state index in [1.165, 1.54) is 23.0 Å². The molecule has 0 spiro atoms. The van der Waals surface area contributed by atoms with E-state index in [1.807, 2.05) is 0 Å². The molecular formula is C11H8N6O3. The van der Waals surface area contributed by atoms with Crippen molar-refractivity contribution in [3.05, 3.63) is 41.0 Å². The van der Waals surface area contributed by atoms with E-state index in [0.717, 1.165) is 0 Å². The zero-order valence-electron chi connectivity index (χ0n) is 9.98. The van der Waals surface area contributed by atoms with Gasteiger partial charge in [0.05, 0.1) is 28.5 Å². The molecule has 0 radical (unpaired) electrons. The Morgan fingerprint density at radius 2 is 2.30 bits per heavy atom. The lowest BCUT2D eigenvalue weighted by molar-refractivity contribution is -0.384. The Kier molecular flexibility index (Phi) is 2.64. The third-order valence-electron chi connectivity index (χ3n) is 2.83. The number of amides is 1. The van der Waals surface area contributed by atoms with Crippen LogP contribution in [-0.4, -0.2) is 31.1 Å². The number of carbonyl (C=O) groups excluding carboxylic acids is 1. The van der Waals surface area contributed by atoms with Gasteiger partial charge in [0.15, 0.2) is 0 Å². The zero-order valence-corrected chi connectivity index (χ0v) is 9.98. The standard InChI is InChI=1S/C11H8N6O3/c18-6-12-9-4-15-16-5-8(17(19)20)1-10(16)11(9)7-2-13-14-3-7/h1-6H,(H,12,18)(H,13,14). The predicted octanol–water partition coefficient (Wildman–Crippen LogP) is 1.20. The molecule has 3 rings (SSSR count). The van der Waals surface area contributed by atoms with Crippen LogP contribution in [-0.2, 0) is 4.79 Å². The molecule has 0 bridgehead atoms. The molecule has 0 aliphatic heterocycles. The SMILES string of the molecule is O=CNc1cnn2cc([N+](=O)[O-])cc2c1-c1cn[nH]c1. The van der Waals surface area contributed by atoms with Gasteiger partial charge in [-0.1, -0.05) is 0 Å². The fraction of sp³-hybridized carbons (Fsp3) is 0. The summed E-state index contributed by atoms with van der Waals surface area (Å²) < 4.78 is 1.39. The number of aromatic nitrogens is 4. The number of anilines is 1. The molecule has 0 aliphatic carbocycles. The van der Waals surface area contributed by atoms with Gasteiger partial charge in [-0.05, 0) is 0 Å². The van der Waals surface area contributed by atoms with Gasteiger partial charge in [-0.3, -0.25) is 20.0 Å². The summed E-state index contributed by atoms with van der Waals surface area (Å²) in [5.74, 6) is 0. The Labute approximate surface area is 111 Å². The maximum Gasteiger partial charge on any atom is 0.289 e. The molecule has 0 saturated carbocycles. The van der Waals surface area contributed by atoms with Gasteiger partial charge in [0.2, 0.25) is 6.41 Å². The van der Waals surface area contributed by atoms with Crippen LogP contribution >= 0.6 is 0 Å². The van der Waals surface area contributed by atoms with E-state index in [0.29, 0.717) is 28.7 Å². The summed E-state index contributed by atoms with van der Waals surface area (Å²) in [5, 5.41) is 23.9. The monoisotopic (exact) mass is 272 g/mol. The largest absolute Gasteiger partial charge is 0.327 e. The summed E-state index contributed by atoms with van der Waals surface area (Å²) in [6.45, 7) is 0. The molecule has 20 heavy (non-hydrogen) atoms. The number of H-pyrrole nitrogens is 1. The van der Waals surface area contributed by atoms with Gasteiger partial charge in [-0.2, -0.15) is 10.2 Å². The van der Waals surface area contributed by atoms with Gasteiger partial charge in [0, 0.05) is 23.4 Å². The van der Waals surface area contributed by atoms with Crippen molar-refractivity contribution >= 4 is 23.3 Å². The lowest BCUT2D eigenvalue weighted by atomic mass is 10.1. The van der Waals surface area contributed by atoms with Gasteiger partial charge < -0.3 is 5.32 Å². The summed E-state index contributed by atoms with van der Waals surface area (Å²) in [6.07, 6.45) is 6.44. The second kappa shape index (κ2) is 4.46. The van der Waals surface area contributed by atoms with Crippen molar-refractivity contribution in [1.29, 1.82) is 0 Å². The highest BCUT2D eigenvalue weighted by Gasteiger charge is 2.17. The molecular weight excluding hydrogens is 264 g/mol. The number of aromatic amines is 1. The third-order valence-corrected chi connectivity index (χ3v) is 2.83. The molecule has 0 saturated heterocycles. The van der Waals surface area contributed by atoms with E-state index in [9.17, 15) is 14.9 Å². The van der Waals surface area contributed by atoms with Crippen molar-refractivity contribution < 1.29 is 9.72 Å². The third kappa shape index (κ3) is 1.77. The molecule has 3 aromatic rings. The zero-order chi connectivity index (χ0) is 14.1. The summed E-state index contributed by atoms with van der Waals surface area (Å²) in [6, 6.07) is 1.39. The van der Waals surface area contributed by atoms with Crippen molar-refractivity contribution in [3.63, 3.8) is 0 Å². The average molecular weight is 272 g/mol. The normalized spacial score (nSPS) is 10.6. The van der Waals surface area contributed by atoms with E-state index >= 15 is 0 Å². The molecule has 1 amide bonds.